The van der Waals surface area contributed by atoms with E-state index in [-0.39, 0.29) is 12.1 Å². The van der Waals surface area contributed by atoms with E-state index in [1.165, 1.54) is 25.4 Å². The van der Waals surface area contributed by atoms with Crippen molar-refractivity contribution < 1.29 is 47.3 Å². The maximum atomic E-state index is 12.4. The summed E-state index contributed by atoms with van der Waals surface area (Å²) in [6.07, 6.45) is -3.56. The first kappa shape index (κ1) is 25.8. The number of methoxy groups -OCH3 is 1. The lowest BCUT2D eigenvalue weighted by Crippen LogP contribution is -2.30. The Bertz CT molecular complexity index is 1230. The molecule has 0 saturated heterocycles. The summed E-state index contributed by atoms with van der Waals surface area (Å²) in [4.78, 5) is 47.8. The lowest BCUT2D eigenvalue weighted by molar-refractivity contribution is -0.192. The Balaban J connectivity index is 0.000000509. The predicted octanol–water partition coefficient (Wildman–Crippen LogP) is 3.14. The average molecular weight is 478 g/mol. The second-order valence-corrected chi connectivity index (χ2v) is 6.53. The highest BCUT2D eigenvalue weighted by Crippen LogP contribution is 2.26. The zero-order valence-corrected chi connectivity index (χ0v) is 17.4. The van der Waals surface area contributed by atoms with Gasteiger partial charge in [-0.15, -0.1) is 0 Å². The van der Waals surface area contributed by atoms with Gasteiger partial charge >= 0.3 is 24.1 Å². The van der Waals surface area contributed by atoms with Gasteiger partial charge in [0, 0.05) is 11.6 Å². The summed E-state index contributed by atoms with van der Waals surface area (Å²) in [7, 11) is 1.25. The fourth-order valence-corrected chi connectivity index (χ4v) is 2.65. The topological polar surface area (TPSA) is 143 Å². The van der Waals surface area contributed by atoms with Crippen LogP contribution in [0.4, 0.5) is 13.2 Å². The van der Waals surface area contributed by atoms with Gasteiger partial charge in [0.25, 0.3) is 5.91 Å². The number of benzene rings is 2. The molecule has 0 aliphatic heterocycles. The maximum absolute atomic E-state index is 12.4. The van der Waals surface area contributed by atoms with E-state index in [1.54, 1.807) is 24.3 Å². The normalized spacial score (nSPS) is 10.6. The molecule has 0 aliphatic rings. The fourth-order valence-electron chi connectivity index (χ4n) is 2.65. The van der Waals surface area contributed by atoms with Crippen LogP contribution in [0.25, 0.3) is 22.0 Å². The highest BCUT2D eigenvalue weighted by atomic mass is 19.4. The number of carbonyl (C=O) groups is 4. The lowest BCUT2D eigenvalue weighted by atomic mass is 9.99. The summed E-state index contributed by atoms with van der Waals surface area (Å²) in [6.45, 7) is -0.227. The molecule has 0 saturated carbocycles. The molecule has 0 spiro atoms. The minimum Gasteiger partial charge on any atom is -0.478 e. The number of nitrogens with zero attached hydrogens (tertiary/aromatic N) is 1. The number of ether oxygens (including phenoxy) is 1. The molecule has 9 nitrogen and oxygen atoms in total. The molecule has 0 radical (unpaired) electrons. The molecule has 0 aliphatic carbocycles. The van der Waals surface area contributed by atoms with Gasteiger partial charge in [0.15, 0.2) is 0 Å². The van der Waals surface area contributed by atoms with Gasteiger partial charge in [-0.3, -0.25) is 14.6 Å². The molecular formula is C22H17F3N2O7. The van der Waals surface area contributed by atoms with Crippen LogP contribution in [0, 0.1) is 0 Å². The SMILES string of the molecule is COC(=O)CNC(=O)c1ccnc2ccc(-c3ccc(C(=O)O)cc3)cc12.O=C(O)C(F)(F)F. The number of esters is 1. The Morgan fingerprint density at radius 3 is 2.09 bits per heavy atom. The number of aromatic carboxylic acids is 1. The van der Waals surface area contributed by atoms with Crippen LogP contribution in [0.15, 0.2) is 54.7 Å². The Morgan fingerprint density at radius 1 is 0.971 bits per heavy atom. The molecule has 12 heteroatoms. The van der Waals surface area contributed by atoms with Gasteiger partial charge in [0.1, 0.15) is 6.54 Å². The molecule has 178 valence electrons. The minimum atomic E-state index is -5.08. The highest BCUT2D eigenvalue weighted by molar-refractivity contribution is 6.07. The van der Waals surface area contributed by atoms with Crippen molar-refractivity contribution in [3.8, 4) is 11.1 Å². The van der Waals surface area contributed by atoms with Crippen LogP contribution in [-0.2, 0) is 14.3 Å². The summed E-state index contributed by atoms with van der Waals surface area (Å²) in [5, 5.41) is 19.3. The lowest BCUT2D eigenvalue weighted by Gasteiger charge is -2.09. The third kappa shape index (κ3) is 6.76. The van der Waals surface area contributed by atoms with Crippen molar-refractivity contribution in [3.63, 3.8) is 0 Å². The van der Waals surface area contributed by atoms with E-state index in [0.717, 1.165) is 11.1 Å². The van der Waals surface area contributed by atoms with E-state index < -0.39 is 30.0 Å². The molecule has 3 N–H and O–H groups in total. The molecule has 3 aromatic rings. The molecule has 0 fully saturated rings. The smallest absolute Gasteiger partial charge is 0.478 e. The third-order valence-corrected chi connectivity index (χ3v) is 4.31. The van der Waals surface area contributed by atoms with Crippen LogP contribution >= 0.6 is 0 Å². The molecule has 2 aromatic carbocycles. The van der Waals surface area contributed by atoms with Crippen molar-refractivity contribution in [2.45, 2.75) is 6.18 Å². The van der Waals surface area contributed by atoms with Crippen molar-refractivity contribution in [1.29, 1.82) is 0 Å². The number of nitrogens with one attached hydrogen (secondary N) is 1. The number of fused-ring (bicyclic) bond motifs is 1. The van der Waals surface area contributed by atoms with Crippen LogP contribution in [0.1, 0.15) is 20.7 Å². The fraction of sp³-hybridized carbons (Fsp3) is 0.136. The summed E-state index contributed by atoms with van der Waals surface area (Å²) in [6, 6.07) is 13.5. The Kier molecular flexibility index (Phi) is 8.26. The summed E-state index contributed by atoms with van der Waals surface area (Å²) < 4.78 is 36.3. The molecule has 3 rings (SSSR count). The van der Waals surface area contributed by atoms with Crippen molar-refractivity contribution >= 4 is 34.7 Å². The molecule has 0 bridgehead atoms. The summed E-state index contributed by atoms with van der Waals surface area (Å²) in [5.41, 5.74) is 2.84. The maximum Gasteiger partial charge on any atom is 0.490 e. The zero-order chi connectivity index (χ0) is 25.5. The van der Waals surface area contributed by atoms with Gasteiger partial charge in [-0.2, -0.15) is 13.2 Å². The minimum absolute atomic E-state index is 0.198. The van der Waals surface area contributed by atoms with Crippen LogP contribution in [0.5, 0.6) is 0 Å². The molecule has 1 heterocycles. The number of carboxylic acid groups (broad SMARTS) is 2. The van der Waals surface area contributed by atoms with Gasteiger partial charge in [-0.25, -0.2) is 9.59 Å². The van der Waals surface area contributed by atoms with Crippen LogP contribution in [0.2, 0.25) is 0 Å². The van der Waals surface area contributed by atoms with E-state index in [9.17, 15) is 27.6 Å². The van der Waals surface area contributed by atoms with E-state index in [1.807, 2.05) is 12.1 Å². The number of hydrogen-bond acceptors (Lipinski definition) is 6. The number of carboxylic acids is 2. The van der Waals surface area contributed by atoms with E-state index >= 15 is 0 Å². The predicted molar refractivity (Wildman–Crippen MR) is 112 cm³/mol. The first-order valence-electron chi connectivity index (χ1n) is 9.31. The van der Waals surface area contributed by atoms with Crippen molar-refractivity contribution in [2.24, 2.45) is 0 Å². The largest absolute Gasteiger partial charge is 0.490 e. The molecule has 0 unspecified atom stereocenters. The van der Waals surface area contributed by atoms with Gasteiger partial charge in [-0.1, -0.05) is 18.2 Å². The first-order valence-corrected chi connectivity index (χ1v) is 9.31. The summed E-state index contributed by atoms with van der Waals surface area (Å²) >= 11 is 0. The van der Waals surface area contributed by atoms with Gasteiger partial charge in [0.05, 0.1) is 23.8 Å². The number of amides is 1. The second-order valence-electron chi connectivity index (χ2n) is 6.53. The Morgan fingerprint density at radius 2 is 1.56 bits per heavy atom. The number of alkyl halides is 3. The van der Waals surface area contributed by atoms with Gasteiger partial charge < -0.3 is 20.3 Å². The van der Waals surface area contributed by atoms with E-state index in [0.29, 0.717) is 16.5 Å². The van der Waals surface area contributed by atoms with E-state index in [2.05, 4.69) is 15.0 Å². The van der Waals surface area contributed by atoms with Crippen LogP contribution in [0.3, 0.4) is 0 Å². The number of rotatable bonds is 5. The summed E-state index contributed by atoms with van der Waals surface area (Å²) in [5.74, 6) is -4.70. The molecule has 1 amide bonds. The number of carbonyl (C=O) groups excluding carboxylic acids is 2. The Labute approximate surface area is 189 Å². The van der Waals surface area contributed by atoms with Gasteiger partial charge in [0.2, 0.25) is 0 Å². The molecule has 0 atom stereocenters. The number of halogens is 3. The number of aliphatic carboxylic acids is 1. The molecule has 1 aromatic heterocycles. The number of aromatic nitrogens is 1. The van der Waals surface area contributed by atoms with Crippen LogP contribution in [-0.4, -0.2) is 58.8 Å². The highest BCUT2D eigenvalue weighted by Gasteiger charge is 2.38. The van der Waals surface area contributed by atoms with E-state index in [4.69, 9.17) is 15.0 Å². The monoisotopic (exact) mass is 478 g/mol. The van der Waals surface area contributed by atoms with Crippen molar-refractivity contribution in [1.82, 2.24) is 10.3 Å². The molecule has 34 heavy (non-hydrogen) atoms. The third-order valence-electron chi connectivity index (χ3n) is 4.31. The first-order chi connectivity index (χ1) is 15.9. The van der Waals surface area contributed by atoms with Crippen molar-refractivity contribution in [3.05, 3.63) is 65.9 Å². The Hall–Kier alpha value is -4.48. The second kappa shape index (κ2) is 10.9. The molecular weight excluding hydrogens is 461 g/mol. The van der Waals surface area contributed by atoms with Crippen molar-refractivity contribution in [2.75, 3.05) is 13.7 Å². The standard InChI is InChI=1S/C20H16N2O5.C2HF3O2/c1-27-18(23)11-22-19(24)15-8-9-21-17-7-6-14(10-16(15)17)12-2-4-13(5-3-12)20(25)26;3-2(4,5)1(6)7/h2-10H,11H2,1H3,(H,22,24)(H,25,26);(H,6,7). The van der Waals surface area contributed by atoms with Gasteiger partial charge in [-0.05, 0) is 41.5 Å². The average Bonchev–Trinajstić information content (AvgIpc) is 2.81. The number of hydrogen-bond donors (Lipinski definition) is 3. The quantitative estimate of drug-likeness (QED) is 0.475. The van der Waals surface area contributed by atoms with Crippen LogP contribution < -0.4 is 5.32 Å². The number of pyridine rings is 1. The zero-order valence-electron chi connectivity index (χ0n) is 17.4.